The van der Waals surface area contributed by atoms with E-state index in [4.69, 9.17) is 0 Å². The van der Waals surface area contributed by atoms with Crippen LogP contribution in [0.2, 0.25) is 0 Å². The second-order valence-corrected chi connectivity index (χ2v) is 6.67. The molecule has 3 unspecified atom stereocenters. The summed E-state index contributed by atoms with van der Waals surface area (Å²) in [6.07, 6.45) is 2.48. The molecular formula is C17H26N2. The Kier molecular flexibility index (Phi) is 3.40. The van der Waals surface area contributed by atoms with E-state index in [0.29, 0.717) is 11.6 Å². The van der Waals surface area contributed by atoms with Crippen LogP contribution in [0.5, 0.6) is 0 Å². The summed E-state index contributed by atoms with van der Waals surface area (Å²) in [5, 5.41) is 3.71. The molecule has 1 aromatic carbocycles. The first-order valence-corrected chi connectivity index (χ1v) is 7.68. The van der Waals surface area contributed by atoms with Crippen LogP contribution in [0.25, 0.3) is 0 Å². The van der Waals surface area contributed by atoms with E-state index >= 15 is 0 Å². The van der Waals surface area contributed by atoms with Crippen molar-refractivity contribution in [1.29, 1.82) is 0 Å². The summed E-state index contributed by atoms with van der Waals surface area (Å²) in [6.45, 7) is 10.5. The van der Waals surface area contributed by atoms with Gasteiger partial charge in [0.25, 0.3) is 0 Å². The third-order valence-electron chi connectivity index (χ3n) is 5.20. The van der Waals surface area contributed by atoms with Gasteiger partial charge in [0.2, 0.25) is 0 Å². The van der Waals surface area contributed by atoms with E-state index in [-0.39, 0.29) is 0 Å². The highest BCUT2D eigenvalue weighted by Crippen LogP contribution is 2.36. The van der Waals surface area contributed by atoms with E-state index < -0.39 is 0 Å². The summed E-state index contributed by atoms with van der Waals surface area (Å²) in [7, 11) is 0. The van der Waals surface area contributed by atoms with E-state index in [0.717, 1.165) is 12.5 Å². The van der Waals surface area contributed by atoms with Gasteiger partial charge in [0, 0.05) is 37.1 Å². The predicted octanol–water partition coefficient (Wildman–Crippen LogP) is 2.79. The highest BCUT2D eigenvalue weighted by molar-refractivity contribution is 5.40. The van der Waals surface area contributed by atoms with Crippen LogP contribution < -0.4 is 5.32 Å². The third-order valence-corrected chi connectivity index (χ3v) is 5.20. The Labute approximate surface area is 117 Å². The Hall–Kier alpha value is -0.860. The van der Waals surface area contributed by atoms with Gasteiger partial charge >= 0.3 is 0 Å². The second kappa shape index (κ2) is 4.92. The lowest BCUT2D eigenvalue weighted by Gasteiger charge is -2.47. The molecule has 1 aliphatic carbocycles. The molecule has 19 heavy (non-hydrogen) atoms. The number of piperazine rings is 1. The fourth-order valence-corrected chi connectivity index (χ4v) is 3.47. The van der Waals surface area contributed by atoms with Crippen LogP contribution in [-0.2, 0) is 6.42 Å². The lowest BCUT2D eigenvalue weighted by Crippen LogP contribution is -2.62. The Morgan fingerprint density at radius 2 is 2.16 bits per heavy atom. The zero-order valence-corrected chi connectivity index (χ0v) is 12.4. The molecule has 0 spiro atoms. The molecule has 1 aromatic rings. The molecule has 1 saturated heterocycles. The SMILES string of the molecule is CCC1(C)CN(CC2Cc3ccccc32)C(C)CN1. The van der Waals surface area contributed by atoms with E-state index in [2.05, 4.69) is 55.3 Å². The van der Waals surface area contributed by atoms with Crippen LogP contribution >= 0.6 is 0 Å². The molecule has 2 aliphatic rings. The fraction of sp³-hybridized carbons (Fsp3) is 0.647. The zero-order valence-electron chi connectivity index (χ0n) is 12.4. The molecule has 0 aromatic heterocycles. The molecule has 1 heterocycles. The first-order chi connectivity index (χ1) is 9.11. The average Bonchev–Trinajstić information content (AvgIpc) is 2.40. The number of nitrogens with zero attached hydrogens (tertiary/aromatic N) is 1. The van der Waals surface area contributed by atoms with Gasteiger partial charge in [-0.15, -0.1) is 0 Å². The monoisotopic (exact) mass is 258 g/mol. The highest BCUT2D eigenvalue weighted by atomic mass is 15.2. The van der Waals surface area contributed by atoms with Crippen LogP contribution in [0.1, 0.15) is 44.2 Å². The molecule has 0 amide bonds. The van der Waals surface area contributed by atoms with Crippen LogP contribution in [0.15, 0.2) is 24.3 Å². The van der Waals surface area contributed by atoms with Gasteiger partial charge in [-0.25, -0.2) is 0 Å². The van der Waals surface area contributed by atoms with Crippen molar-refractivity contribution in [3.8, 4) is 0 Å². The molecule has 2 heteroatoms. The maximum atomic E-state index is 3.71. The quantitative estimate of drug-likeness (QED) is 0.897. The van der Waals surface area contributed by atoms with Crippen molar-refractivity contribution < 1.29 is 0 Å². The number of hydrogen-bond acceptors (Lipinski definition) is 2. The smallest absolute Gasteiger partial charge is 0.0278 e. The van der Waals surface area contributed by atoms with Crippen molar-refractivity contribution in [1.82, 2.24) is 10.2 Å². The van der Waals surface area contributed by atoms with Gasteiger partial charge < -0.3 is 5.32 Å². The molecule has 2 nitrogen and oxygen atoms in total. The van der Waals surface area contributed by atoms with E-state index in [9.17, 15) is 0 Å². The molecular weight excluding hydrogens is 232 g/mol. The molecule has 1 N–H and O–H groups in total. The van der Waals surface area contributed by atoms with Crippen molar-refractivity contribution >= 4 is 0 Å². The van der Waals surface area contributed by atoms with Crippen molar-refractivity contribution in [3.05, 3.63) is 35.4 Å². The summed E-state index contributed by atoms with van der Waals surface area (Å²) in [6, 6.07) is 9.60. The second-order valence-electron chi connectivity index (χ2n) is 6.67. The number of hydrogen-bond donors (Lipinski definition) is 1. The Morgan fingerprint density at radius 3 is 2.89 bits per heavy atom. The highest BCUT2D eigenvalue weighted by Gasteiger charge is 2.35. The van der Waals surface area contributed by atoms with Crippen LogP contribution in [-0.4, -0.2) is 36.1 Å². The Balaban J connectivity index is 1.67. The van der Waals surface area contributed by atoms with Gasteiger partial charge in [0.1, 0.15) is 0 Å². The van der Waals surface area contributed by atoms with Crippen molar-refractivity contribution in [2.45, 2.75) is 51.1 Å². The predicted molar refractivity (Wildman–Crippen MR) is 80.6 cm³/mol. The summed E-state index contributed by atoms with van der Waals surface area (Å²) < 4.78 is 0. The van der Waals surface area contributed by atoms with Gasteiger partial charge in [-0.05, 0) is 37.8 Å². The molecule has 3 rings (SSSR count). The minimum absolute atomic E-state index is 0.301. The zero-order chi connectivity index (χ0) is 13.5. The lowest BCUT2D eigenvalue weighted by molar-refractivity contribution is 0.0847. The summed E-state index contributed by atoms with van der Waals surface area (Å²) in [4.78, 5) is 2.70. The standard InChI is InChI=1S/C17H26N2/c1-4-17(3)12-19(13(2)10-18-17)11-15-9-14-7-5-6-8-16(14)15/h5-8,13,15,18H,4,9-12H2,1-3H3. The maximum absolute atomic E-state index is 3.71. The molecule has 1 aliphatic heterocycles. The molecule has 3 atom stereocenters. The third kappa shape index (κ3) is 2.44. The van der Waals surface area contributed by atoms with Gasteiger partial charge in [-0.3, -0.25) is 4.90 Å². The van der Waals surface area contributed by atoms with Gasteiger partial charge in [0.05, 0.1) is 0 Å². The van der Waals surface area contributed by atoms with Gasteiger partial charge in [0.15, 0.2) is 0 Å². The van der Waals surface area contributed by atoms with Crippen LogP contribution in [0.4, 0.5) is 0 Å². The van der Waals surface area contributed by atoms with Crippen LogP contribution in [0.3, 0.4) is 0 Å². The Morgan fingerprint density at radius 1 is 1.37 bits per heavy atom. The first-order valence-electron chi connectivity index (χ1n) is 7.68. The summed E-state index contributed by atoms with van der Waals surface area (Å²) in [5.41, 5.74) is 3.45. The molecule has 0 bridgehead atoms. The van der Waals surface area contributed by atoms with Gasteiger partial charge in [-0.1, -0.05) is 31.2 Å². The largest absolute Gasteiger partial charge is 0.309 e. The van der Waals surface area contributed by atoms with Crippen molar-refractivity contribution in [3.63, 3.8) is 0 Å². The maximum Gasteiger partial charge on any atom is 0.0278 e. The minimum atomic E-state index is 0.301. The lowest BCUT2D eigenvalue weighted by atomic mass is 9.77. The van der Waals surface area contributed by atoms with Gasteiger partial charge in [-0.2, -0.15) is 0 Å². The normalized spacial score (nSPS) is 34.7. The summed E-state index contributed by atoms with van der Waals surface area (Å²) in [5.74, 6) is 0.762. The minimum Gasteiger partial charge on any atom is -0.309 e. The topological polar surface area (TPSA) is 15.3 Å². The van der Waals surface area contributed by atoms with Crippen molar-refractivity contribution in [2.75, 3.05) is 19.6 Å². The molecule has 1 fully saturated rings. The molecule has 0 saturated carbocycles. The first kappa shape index (κ1) is 13.1. The van der Waals surface area contributed by atoms with E-state index in [1.54, 1.807) is 11.1 Å². The number of nitrogens with one attached hydrogen (secondary N) is 1. The average molecular weight is 258 g/mol. The fourth-order valence-electron chi connectivity index (χ4n) is 3.47. The number of fused-ring (bicyclic) bond motifs is 1. The molecule has 0 radical (unpaired) electrons. The molecule has 104 valence electrons. The van der Waals surface area contributed by atoms with Crippen LogP contribution in [0, 0.1) is 0 Å². The van der Waals surface area contributed by atoms with Crippen molar-refractivity contribution in [2.24, 2.45) is 0 Å². The summed E-state index contributed by atoms with van der Waals surface area (Å²) >= 11 is 0. The number of benzene rings is 1. The Bertz CT molecular complexity index is 456. The van der Waals surface area contributed by atoms with E-state index in [1.165, 1.54) is 25.9 Å². The number of rotatable bonds is 3. The van der Waals surface area contributed by atoms with E-state index in [1.807, 2.05) is 0 Å².